The number of carboxylic acid groups (broad SMARTS) is 1. The summed E-state index contributed by atoms with van der Waals surface area (Å²) in [6, 6.07) is 20.0. The van der Waals surface area contributed by atoms with Crippen LogP contribution in [0.4, 0.5) is 10.1 Å². The average molecular weight is 636 g/mol. The number of aromatic nitrogens is 1. The van der Waals surface area contributed by atoms with Crippen molar-refractivity contribution in [3.8, 4) is 22.3 Å². The summed E-state index contributed by atoms with van der Waals surface area (Å²) in [7, 11) is -3.94. The number of halogens is 1. The first-order chi connectivity index (χ1) is 21.3. The number of nitrogens with one attached hydrogen (secondary N) is 1. The van der Waals surface area contributed by atoms with Crippen LogP contribution in [0, 0.1) is 5.82 Å². The predicted octanol–water partition coefficient (Wildman–Crippen LogP) is 5.04. The Morgan fingerprint density at radius 3 is 2.09 bits per heavy atom. The number of nitrogens with two attached hydrogens (primary N) is 1. The van der Waals surface area contributed by atoms with Gasteiger partial charge in [-0.25, -0.2) is 17.9 Å². The van der Waals surface area contributed by atoms with Gasteiger partial charge in [0.2, 0.25) is 10.0 Å². The summed E-state index contributed by atoms with van der Waals surface area (Å²) in [5.74, 6) is -2.18. The van der Waals surface area contributed by atoms with Crippen molar-refractivity contribution in [2.24, 2.45) is 5.14 Å². The third-order valence-corrected chi connectivity index (χ3v) is 7.94. The molecule has 1 heterocycles. The van der Waals surface area contributed by atoms with Gasteiger partial charge in [-0.3, -0.25) is 9.59 Å². The van der Waals surface area contributed by atoms with Gasteiger partial charge < -0.3 is 25.2 Å². The third kappa shape index (κ3) is 8.11. The summed E-state index contributed by atoms with van der Waals surface area (Å²) < 4.78 is 39.3. The Labute approximate surface area is 260 Å². The molecule has 45 heavy (non-hydrogen) atoms. The van der Waals surface area contributed by atoms with Crippen LogP contribution >= 0.6 is 0 Å². The highest BCUT2D eigenvalue weighted by Gasteiger charge is 2.29. The number of hydrogen-bond acceptors (Lipinski definition) is 6. The fourth-order valence-corrected chi connectivity index (χ4v) is 5.60. The van der Waals surface area contributed by atoms with Crippen LogP contribution in [-0.2, 0) is 14.8 Å². The zero-order chi connectivity index (χ0) is 32.9. The van der Waals surface area contributed by atoms with Gasteiger partial charge in [0.1, 0.15) is 11.5 Å². The highest BCUT2D eigenvalue weighted by Crippen LogP contribution is 2.43. The van der Waals surface area contributed by atoms with E-state index >= 15 is 0 Å². The molecule has 4 rings (SSSR count). The average Bonchev–Trinajstić information content (AvgIpc) is 3.32. The lowest BCUT2D eigenvalue weighted by Crippen LogP contribution is -2.20. The van der Waals surface area contributed by atoms with E-state index in [2.05, 4.69) is 5.32 Å². The Morgan fingerprint density at radius 1 is 0.933 bits per heavy atom. The summed E-state index contributed by atoms with van der Waals surface area (Å²) in [5.41, 5.74) is 3.40. The van der Waals surface area contributed by atoms with Gasteiger partial charge in [0.25, 0.3) is 5.91 Å². The lowest BCUT2D eigenvalue weighted by atomic mass is 9.94. The molecule has 0 radical (unpaired) electrons. The van der Waals surface area contributed by atoms with E-state index in [4.69, 9.17) is 10.2 Å². The van der Waals surface area contributed by atoms with Crippen molar-refractivity contribution in [1.29, 1.82) is 0 Å². The van der Waals surface area contributed by atoms with Crippen LogP contribution in [0.15, 0.2) is 89.8 Å². The molecule has 12 heteroatoms. The fourth-order valence-electron chi connectivity index (χ4n) is 5.09. The van der Waals surface area contributed by atoms with E-state index in [1.165, 1.54) is 42.5 Å². The number of primary sulfonamides is 1. The molecule has 0 saturated heterocycles. The Kier molecular flexibility index (Phi) is 10.3. The number of aliphatic hydroxyl groups excluding tert-OH is 2. The summed E-state index contributed by atoms with van der Waals surface area (Å²) in [4.78, 5) is 25.0. The monoisotopic (exact) mass is 635 g/mol. The number of anilines is 1. The Morgan fingerprint density at radius 2 is 1.53 bits per heavy atom. The van der Waals surface area contributed by atoms with Crippen LogP contribution < -0.4 is 10.5 Å². The van der Waals surface area contributed by atoms with Gasteiger partial charge in [0.15, 0.2) is 0 Å². The SMILES string of the molecule is CC(C)n1c(C=C[C@@H](O)C[C@@H](O)CC(=O)O)c(-c2ccc(F)cc2)c(-c2ccccc2)c1C(=O)Nc1ccc(S(N)(=O)=O)cc1. The summed E-state index contributed by atoms with van der Waals surface area (Å²) in [5, 5.41) is 37.7. The standard InChI is InChI=1S/C33H34FN3O7S/c1-20(2)37-28(17-14-25(38)18-26(39)19-29(40)41)30(22-8-10-23(34)11-9-22)31(21-6-4-3-5-7-21)32(37)33(42)36-24-12-15-27(16-13-24)45(35,43)44/h3-17,20,25-26,38-39H,18-19H2,1-2H3,(H,36,42)(H,40,41)(H2,35,43,44)/t25-,26-/m1/s1. The first-order valence-electron chi connectivity index (χ1n) is 14.1. The van der Waals surface area contributed by atoms with Gasteiger partial charge in [-0.1, -0.05) is 48.5 Å². The molecule has 0 fully saturated rings. The molecular formula is C33H34FN3O7S. The number of aliphatic carboxylic acids is 1. The van der Waals surface area contributed by atoms with Crippen LogP contribution in [0.2, 0.25) is 0 Å². The molecular weight excluding hydrogens is 601 g/mol. The van der Waals surface area contributed by atoms with Crippen LogP contribution in [-0.4, -0.2) is 52.4 Å². The number of rotatable bonds is 12. The van der Waals surface area contributed by atoms with E-state index in [0.29, 0.717) is 33.6 Å². The van der Waals surface area contributed by atoms with Crippen molar-refractivity contribution in [3.63, 3.8) is 0 Å². The molecule has 0 unspecified atom stereocenters. The smallest absolute Gasteiger partial charge is 0.305 e. The van der Waals surface area contributed by atoms with E-state index in [1.807, 2.05) is 44.2 Å². The van der Waals surface area contributed by atoms with Crippen LogP contribution in [0.5, 0.6) is 0 Å². The van der Waals surface area contributed by atoms with E-state index in [-0.39, 0.29) is 23.1 Å². The van der Waals surface area contributed by atoms with Gasteiger partial charge in [0.05, 0.1) is 23.5 Å². The molecule has 0 aliphatic rings. The van der Waals surface area contributed by atoms with Crippen molar-refractivity contribution < 1.29 is 37.7 Å². The Hall–Kier alpha value is -4.62. The summed E-state index contributed by atoms with van der Waals surface area (Å²) in [6.45, 7) is 3.73. The molecule has 10 nitrogen and oxygen atoms in total. The van der Waals surface area contributed by atoms with Crippen molar-refractivity contribution in [2.75, 3.05) is 5.32 Å². The maximum Gasteiger partial charge on any atom is 0.305 e. The van der Waals surface area contributed by atoms with Crippen LogP contribution in [0.25, 0.3) is 28.3 Å². The highest BCUT2D eigenvalue weighted by molar-refractivity contribution is 7.89. The molecule has 0 aliphatic heterocycles. The van der Waals surface area contributed by atoms with Crippen molar-refractivity contribution in [1.82, 2.24) is 4.57 Å². The minimum atomic E-state index is -3.94. The maximum atomic E-state index is 14.2. The van der Waals surface area contributed by atoms with Gasteiger partial charge >= 0.3 is 5.97 Å². The molecule has 4 aromatic rings. The number of benzene rings is 3. The molecule has 0 aliphatic carbocycles. The number of nitrogens with zero attached hydrogens (tertiary/aromatic N) is 1. The summed E-state index contributed by atoms with van der Waals surface area (Å²) >= 11 is 0. The van der Waals surface area contributed by atoms with Crippen molar-refractivity contribution in [2.45, 2.75) is 49.8 Å². The van der Waals surface area contributed by atoms with E-state index in [0.717, 1.165) is 0 Å². The van der Waals surface area contributed by atoms with Crippen molar-refractivity contribution >= 4 is 33.7 Å². The largest absolute Gasteiger partial charge is 0.481 e. The lowest BCUT2D eigenvalue weighted by Gasteiger charge is -2.17. The maximum absolute atomic E-state index is 14.2. The first-order valence-corrected chi connectivity index (χ1v) is 15.6. The number of amides is 1. The summed E-state index contributed by atoms with van der Waals surface area (Å²) in [6.07, 6.45) is -0.252. The number of carboxylic acids is 1. The molecule has 0 saturated carbocycles. The van der Waals surface area contributed by atoms with Gasteiger partial charge in [-0.2, -0.15) is 0 Å². The first kappa shape index (κ1) is 33.3. The second-order valence-corrected chi connectivity index (χ2v) is 12.3. The molecule has 0 bridgehead atoms. The molecule has 6 N–H and O–H groups in total. The quantitative estimate of drug-likeness (QED) is 0.145. The molecule has 0 spiro atoms. The second kappa shape index (κ2) is 14.0. The van der Waals surface area contributed by atoms with Gasteiger partial charge in [0, 0.05) is 35.0 Å². The van der Waals surface area contributed by atoms with Crippen LogP contribution in [0.1, 0.15) is 48.9 Å². The van der Waals surface area contributed by atoms with Gasteiger partial charge in [-0.05, 0) is 67.4 Å². The topological polar surface area (TPSA) is 172 Å². The molecule has 1 aromatic heterocycles. The lowest BCUT2D eigenvalue weighted by molar-refractivity contribution is -0.139. The normalized spacial score (nSPS) is 13.2. The second-order valence-electron chi connectivity index (χ2n) is 10.8. The van der Waals surface area contributed by atoms with E-state index < -0.39 is 46.3 Å². The van der Waals surface area contributed by atoms with Gasteiger partial charge in [-0.15, -0.1) is 0 Å². The molecule has 236 valence electrons. The minimum absolute atomic E-state index is 0.117. The Balaban J connectivity index is 1.94. The zero-order valence-corrected chi connectivity index (χ0v) is 25.4. The Bertz CT molecular complexity index is 1800. The molecule has 1 amide bonds. The van der Waals surface area contributed by atoms with E-state index in [1.54, 1.807) is 22.8 Å². The van der Waals surface area contributed by atoms with Crippen molar-refractivity contribution in [3.05, 3.63) is 102 Å². The molecule has 3 aromatic carbocycles. The predicted molar refractivity (Wildman–Crippen MR) is 169 cm³/mol. The zero-order valence-electron chi connectivity index (χ0n) is 24.6. The number of sulfonamides is 1. The number of hydrogen-bond donors (Lipinski definition) is 5. The number of aliphatic hydroxyl groups is 2. The molecule has 2 atom stereocenters. The highest BCUT2D eigenvalue weighted by atomic mass is 32.2. The number of carbonyl (C=O) groups is 2. The minimum Gasteiger partial charge on any atom is -0.481 e. The van der Waals surface area contributed by atoms with Crippen LogP contribution in [0.3, 0.4) is 0 Å². The number of carbonyl (C=O) groups excluding carboxylic acids is 1. The fraction of sp³-hybridized carbons (Fsp3) is 0.212. The van der Waals surface area contributed by atoms with E-state index in [9.17, 15) is 32.6 Å². The third-order valence-electron chi connectivity index (χ3n) is 7.01.